The van der Waals surface area contributed by atoms with E-state index in [1.807, 2.05) is 7.05 Å². The summed E-state index contributed by atoms with van der Waals surface area (Å²) < 4.78 is 27.7. The standard InChI is InChI=1S/C11H23N3O2S/c1-12-9-10-5-7-14(8-6-10)17(15,16)13(2)11-3-4-11/h10-12H,3-9H2,1-2H3. The molecule has 1 N–H and O–H groups in total. The van der Waals surface area contributed by atoms with Crippen molar-refractivity contribution < 1.29 is 8.42 Å². The smallest absolute Gasteiger partial charge is 0.281 e. The lowest BCUT2D eigenvalue weighted by molar-refractivity contribution is 0.255. The molecule has 17 heavy (non-hydrogen) atoms. The van der Waals surface area contributed by atoms with Gasteiger partial charge in [-0.3, -0.25) is 0 Å². The second-order valence-corrected chi connectivity index (χ2v) is 7.14. The van der Waals surface area contributed by atoms with Crippen molar-refractivity contribution >= 4 is 10.2 Å². The van der Waals surface area contributed by atoms with Gasteiger partial charge in [0.25, 0.3) is 10.2 Å². The molecule has 1 aliphatic heterocycles. The third-order valence-corrected chi connectivity index (χ3v) is 5.86. The van der Waals surface area contributed by atoms with Gasteiger partial charge in [-0.25, -0.2) is 0 Å². The van der Waals surface area contributed by atoms with Gasteiger partial charge in [-0.1, -0.05) is 0 Å². The zero-order valence-corrected chi connectivity index (χ0v) is 11.5. The van der Waals surface area contributed by atoms with Crippen LogP contribution in [-0.2, 0) is 10.2 Å². The Morgan fingerprint density at radius 1 is 1.24 bits per heavy atom. The van der Waals surface area contributed by atoms with Gasteiger partial charge in [0.2, 0.25) is 0 Å². The van der Waals surface area contributed by atoms with Gasteiger partial charge < -0.3 is 5.32 Å². The van der Waals surface area contributed by atoms with Gasteiger partial charge in [0.05, 0.1) is 0 Å². The summed E-state index contributed by atoms with van der Waals surface area (Å²) in [6.07, 6.45) is 3.98. The van der Waals surface area contributed by atoms with Gasteiger partial charge in [0.15, 0.2) is 0 Å². The van der Waals surface area contributed by atoms with E-state index in [4.69, 9.17) is 0 Å². The molecule has 0 aromatic rings. The van der Waals surface area contributed by atoms with Crippen LogP contribution in [0.25, 0.3) is 0 Å². The molecule has 2 fully saturated rings. The van der Waals surface area contributed by atoms with Gasteiger partial charge >= 0.3 is 0 Å². The predicted molar refractivity (Wildman–Crippen MR) is 67.9 cm³/mol. The van der Waals surface area contributed by atoms with Crippen LogP contribution in [0.5, 0.6) is 0 Å². The van der Waals surface area contributed by atoms with E-state index in [2.05, 4.69) is 5.32 Å². The molecule has 0 radical (unpaired) electrons. The van der Waals surface area contributed by atoms with Crippen LogP contribution in [-0.4, -0.2) is 56.8 Å². The van der Waals surface area contributed by atoms with E-state index in [1.54, 1.807) is 15.7 Å². The van der Waals surface area contributed by atoms with Crippen LogP contribution in [0.3, 0.4) is 0 Å². The van der Waals surface area contributed by atoms with Crippen LogP contribution in [0, 0.1) is 5.92 Å². The molecule has 0 bridgehead atoms. The maximum absolute atomic E-state index is 12.3. The molecule has 1 saturated heterocycles. The fraction of sp³-hybridized carbons (Fsp3) is 1.00. The summed E-state index contributed by atoms with van der Waals surface area (Å²) >= 11 is 0. The van der Waals surface area contributed by atoms with Crippen molar-refractivity contribution in [2.45, 2.75) is 31.7 Å². The molecule has 100 valence electrons. The fourth-order valence-electron chi connectivity index (χ4n) is 2.44. The third-order valence-electron chi connectivity index (χ3n) is 3.82. The first kappa shape index (κ1) is 13.3. The van der Waals surface area contributed by atoms with Crippen molar-refractivity contribution in [2.24, 2.45) is 5.92 Å². The minimum absolute atomic E-state index is 0.259. The summed E-state index contributed by atoms with van der Waals surface area (Å²) in [5, 5.41) is 3.16. The van der Waals surface area contributed by atoms with Crippen molar-refractivity contribution in [1.82, 2.24) is 13.9 Å². The molecule has 0 aromatic carbocycles. The zero-order valence-electron chi connectivity index (χ0n) is 10.7. The molecule has 0 amide bonds. The first-order chi connectivity index (χ1) is 8.05. The molecular formula is C11H23N3O2S. The van der Waals surface area contributed by atoms with E-state index in [-0.39, 0.29) is 6.04 Å². The van der Waals surface area contributed by atoms with Gasteiger partial charge in [-0.2, -0.15) is 17.0 Å². The largest absolute Gasteiger partial charge is 0.319 e. The van der Waals surface area contributed by atoms with E-state index < -0.39 is 10.2 Å². The van der Waals surface area contributed by atoms with E-state index in [0.717, 1.165) is 32.2 Å². The highest BCUT2D eigenvalue weighted by Crippen LogP contribution is 2.30. The lowest BCUT2D eigenvalue weighted by atomic mass is 9.98. The Balaban J connectivity index is 1.91. The van der Waals surface area contributed by atoms with Gasteiger partial charge in [-0.05, 0) is 45.2 Å². The van der Waals surface area contributed by atoms with Crippen molar-refractivity contribution in [3.8, 4) is 0 Å². The first-order valence-electron chi connectivity index (χ1n) is 6.43. The van der Waals surface area contributed by atoms with Crippen LogP contribution in [0.15, 0.2) is 0 Å². The molecule has 1 heterocycles. The fourth-order valence-corrected chi connectivity index (χ4v) is 4.07. The highest BCUT2D eigenvalue weighted by Gasteiger charge is 2.38. The van der Waals surface area contributed by atoms with Crippen LogP contribution < -0.4 is 5.32 Å². The molecule has 6 heteroatoms. The second kappa shape index (κ2) is 5.22. The maximum Gasteiger partial charge on any atom is 0.281 e. The van der Waals surface area contributed by atoms with Crippen molar-refractivity contribution in [1.29, 1.82) is 0 Å². The van der Waals surface area contributed by atoms with Gasteiger partial charge in [0.1, 0.15) is 0 Å². The normalized spacial score (nSPS) is 24.4. The molecule has 0 unspecified atom stereocenters. The topological polar surface area (TPSA) is 52.7 Å². The summed E-state index contributed by atoms with van der Waals surface area (Å²) in [6, 6.07) is 0.259. The van der Waals surface area contributed by atoms with Crippen LogP contribution in [0.1, 0.15) is 25.7 Å². The lowest BCUT2D eigenvalue weighted by Gasteiger charge is -2.33. The summed E-state index contributed by atoms with van der Waals surface area (Å²) in [5.74, 6) is 0.623. The number of hydrogen-bond acceptors (Lipinski definition) is 3. The highest BCUT2D eigenvalue weighted by atomic mass is 32.2. The SMILES string of the molecule is CNCC1CCN(S(=O)(=O)N(C)C2CC2)CC1. The molecular weight excluding hydrogens is 238 g/mol. The number of nitrogens with one attached hydrogen (secondary N) is 1. The predicted octanol–water partition coefficient (Wildman–Crippen LogP) is 0.257. The Labute approximate surface area is 104 Å². The molecule has 5 nitrogen and oxygen atoms in total. The number of hydrogen-bond donors (Lipinski definition) is 1. The minimum Gasteiger partial charge on any atom is -0.319 e. The monoisotopic (exact) mass is 261 g/mol. The average molecular weight is 261 g/mol. The van der Waals surface area contributed by atoms with Crippen molar-refractivity contribution in [2.75, 3.05) is 33.7 Å². The van der Waals surface area contributed by atoms with Crippen LogP contribution in [0.4, 0.5) is 0 Å². The Kier molecular flexibility index (Phi) is 4.07. The first-order valence-corrected chi connectivity index (χ1v) is 7.83. The quantitative estimate of drug-likeness (QED) is 0.772. The number of nitrogens with zero attached hydrogens (tertiary/aromatic N) is 2. The Hall–Kier alpha value is -0.170. The summed E-state index contributed by atoms with van der Waals surface area (Å²) in [5.41, 5.74) is 0. The van der Waals surface area contributed by atoms with E-state index >= 15 is 0 Å². The summed E-state index contributed by atoms with van der Waals surface area (Å²) in [7, 11) is 0.472. The molecule has 2 aliphatic rings. The Morgan fingerprint density at radius 2 is 1.82 bits per heavy atom. The lowest BCUT2D eigenvalue weighted by Crippen LogP contribution is -2.47. The van der Waals surface area contributed by atoms with E-state index in [9.17, 15) is 8.42 Å². The molecule has 1 aliphatic carbocycles. The summed E-state index contributed by atoms with van der Waals surface area (Å²) in [4.78, 5) is 0. The minimum atomic E-state index is -3.19. The van der Waals surface area contributed by atoms with Gasteiger partial charge in [0, 0.05) is 26.2 Å². The average Bonchev–Trinajstić information content (AvgIpc) is 3.13. The molecule has 0 atom stereocenters. The Bertz CT molecular complexity index is 346. The highest BCUT2D eigenvalue weighted by molar-refractivity contribution is 7.86. The molecule has 1 saturated carbocycles. The Morgan fingerprint density at radius 3 is 2.29 bits per heavy atom. The third kappa shape index (κ3) is 2.99. The van der Waals surface area contributed by atoms with E-state index in [1.165, 1.54) is 0 Å². The summed E-state index contributed by atoms with van der Waals surface area (Å²) in [6.45, 7) is 2.34. The second-order valence-electron chi connectivity index (χ2n) is 5.16. The zero-order chi connectivity index (χ0) is 12.5. The van der Waals surface area contributed by atoms with Crippen molar-refractivity contribution in [3.63, 3.8) is 0 Å². The van der Waals surface area contributed by atoms with Crippen LogP contribution >= 0.6 is 0 Å². The van der Waals surface area contributed by atoms with E-state index in [0.29, 0.717) is 19.0 Å². The van der Waals surface area contributed by atoms with Gasteiger partial charge in [-0.15, -0.1) is 0 Å². The molecule has 2 rings (SSSR count). The van der Waals surface area contributed by atoms with Crippen molar-refractivity contribution in [3.05, 3.63) is 0 Å². The molecule has 0 aromatic heterocycles. The number of piperidine rings is 1. The molecule has 0 spiro atoms. The number of rotatable bonds is 5. The maximum atomic E-state index is 12.3. The van der Waals surface area contributed by atoms with Crippen LogP contribution in [0.2, 0.25) is 0 Å².